The molecule has 0 saturated heterocycles. The van der Waals surface area contributed by atoms with Gasteiger partial charge in [0.25, 0.3) is 0 Å². The van der Waals surface area contributed by atoms with E-state index in [1.54, 1.807) is 11.8 Å². The molecule has 0 aliphatic carbocycles. The molecule has 0 bridgehead atoms. The van der Waals surface area contributed by atoms with Crippen molar-refractivity contribution in [2.45, 2.75) is 6.42 Å². The molecular weight excluding hydrogens is 267 g/mol. The number of anilines is 1. The van der Waals surface area contributed by atoms with Crippen LogP contribution in [0.3, 0.4) is 0 Å². The molecule has 0 spiro atoms. The molecule has 1 aliphatic heterocycles. The van der Waals surface area contributed by atoms with E-state index in [4.69, 9.17) is 4.42 Å². The maximum Gasteiger partial charge on any atom is 0.417 e. The van der Waals surface area contributed by atoms with E-state index < -0.39 is 5.76 Å². The van der Waals surface area contributed by atoms with E-state index >= 15 is 0 Å². The van der Waals surface area contributed by atoms with Gasteiger partial charge in [0, 0.05) is 24.4 Å². The van der Waals surface area contributed by atoms with Crippen molar-refractivity contribution in [3.63, 3.8) is 0 Å². The number of H-pyrrole nitrogens is 1. The fraction of sp³-hybridized carbons (Fsp3) is 0.308. The highest BCUT2D eigenvalue weighted by atomic mass is 32.2. The van der Waals surface area contributed by atoms with E-state index in [1.165, 1.54) is 12.1 Å². The number of hydrogen-bond donors (Lipinski definition) is 2. The second-order valence-electron chi connectivity index (χ2n) is 4.53. The van der Waals surface area contributed by atoms with Crippen LogP contribution in [0.15, 0.2) is 32.8 Å². The molecule has 2 N–H and O–H groups in total. The van der Waals surface area contributed by atoms with Crippen LogP contribution in [0.2, 0.25) is 0 Å². The van der Waals surface area contributed by atoms with Gasteiger partial charge in [0.1, 0.15) is 5.82 Å². The fourth-order valence-corrected chi connectivity index (χ4v) is 2.96. The summed E-state index contributed by atoms with van der Waals surface area (Å²) in [7, 11) is 0. The highest BCUT2D eigenvalue weighted by molar-refractivity contribution is 8.02. The van der Waals surface area contributed by atoms with Crippen LogP contribution in [-0.4, -0.2) is 17.3 Å². The van der Waals surface area contributed by atoms with Crippen molar-refractivity contribution in [3.05, 3.63) is 40.0 Å². The Morgan fingerprint density at radius 1 is 1.53 bits per heavy atom. The van der Waals surface area contributed by atoms with Gasteiger partial charge in [0.15, 0.2) is 5.58 Å². The zero-order valence-electron chi connectivity index (χ0n) is 10.1. The normalized spacial score (nSPS) is 18.9. The summed E-state index contributed by atoms with van der Waals surface area (Å²) in [4.78, 5) is 13.5. The predicted octanol–water partition coefficient (Wildman–Crippen LogP) is 2.94. The van der Waals surface area contributed by atoms with E-state index in [9.17, 15) is 9.18 Å². The fourth-order valence-electron chi connectivity index (χ4n) is 2.08. The molecule has 0 amide bonds. The molecule has 6 heteroatoms. The van der Waals surface area contributed by atoms with Gasteiger partial charge in [0.2, 0.25) is 0 Å². The SMILES string of the molecule is O=c1[nH]c2cc(F)c(NCC3CC=CSC3)cc2o1. The van der Waals surface area contributed by atoms with Crippen molar-refractivity contribution in [3.8, 4) is 0 Å². The van der Waals surface area contributed by atoms with Crippen LogP contribution in [0.5, 0.6) is 0 Å². The second-order valence-corrected chi connectivity index (χ2v) is 5.47. The first-order valence-electron chi connectivity index (χ1n) is 6.05. The van der Waals surface area contributed by atoms with Crippen molar-refractivity contribution in [1.82, 2.24) is 4.98 Å². The number of hydrogen-bond acceptors (Lipinski definition) is 4. The lowest BCUT2D eigenvalue weighted by atomic mass is 10.1. The minimum Gasteiger partial charge on any atom is -0.408 e. The van der Waals surface area contributed by atoms with Crippen LogP contribution >= 0.6 is 11.8 Å². The van der Waals surface area contributed by atoms with Crippen molar-refractivity contribution < 1.29 is 8.81 Å². The molecule has 0 radical (unpaired) electrons. The number of rotatable bonds is 3. The summed E-state index contributed by atoms with van der Waals surface area (Å²) in [5.41, 5.74) is 1.12. The first kappa shape index (κ1) is 12.3. The summed E-state index contributed by atoms with van der Waals surface area (Å²) >= 11 is 1.77. The van der Waals surface area contributed by atoms with Crippen molar-refractivity contribution in [2.24, 2.45) is 5.92 Å². The molecule has 2 aromatic rings. The largest absolute Gasteiger partial charge is 0.417 e. The Morgan fingerprint density at radius 3 is 3.21 bits per heavy atom. The maximum absolute atomic E-state index is 13.8. The van der Waals surface area contributed by atoms with Crippen LogP contribution in [-0.2, 0) is 0 Å². The van der Waals surface area contributed by atoms with Crippen LogP contribution in [0.4, 0.5) is 10.1 Å². The average molecular weight is 280 g/mol. The molecule has 0 fully saturated rings. The van der Waals surface area contributed by atoms with Crippen molar-refractivity contribution in [2.75, 3.05) is 17.6 Å². The topological polar surface area (TPSA) is 58.0 Å². The Hall–Kier alpha value is -1.69. The van der Waals surface area contributed by atoms with Gasteiger partial charge in [-0.1, -0.05) is 6.08 Å². The van der Waals surface area contributed by atoms with E-state index in [-0.39, 0.29) is 5.82 Å². The molecule has 3 rings (SSSR count). The van der Waals surface area contributed by atoms with Crippen molar-refractivity contribution >= 4 is 28.5 Å². The molecule has 2 heterocycles. The van der Waals surface area contributed by atoms with Crippen LogP contribution in [0.25, 0.3) is 11.1 Å². The van der Waals surface area contributed by atoms with Gasteiger partial charge in [-0.15, -0.1) is 11.8 Å². The summed E-state index contributed by atoms with van der Waals surface area (Å²) in [6, 6.07) is 2.80. The predicted molar refractivity (Wildman–Crippen MR) is 75.0 cm³/mol. The number of aromatic nitrogens is 1. The summed E-state index contributed by atoms with van der Waals surface area (Å²) in [6.45, 7) is 0.703. The summed E-state index contributed by atoms with van der Waals surface area (Å²) < 4.78 is 18.8. The second kappa shape index (κ2) is 5.13. The molecule has 1 aromatic heterocycles. The number of allylic oxidation sites excluding steroid dienone is 1. The van der Waals surface area contributed by atoms with Gasteiger partial charge in [-0.25, -0.2) is 9.18 Å². The number of oxazole rings is 1. The average Bonchev–Trinajstić information content (AvgIpc) is 2.76. The van der Waals surface area contributed by atoms with Gasteiger partial charge >= 0.3 is 5.76 Å². The minimum atomic E-state index is -0.569. The number of nitrogens with one attached hydrogen (secondary N) is 2. The van der Waals surface area contributed by atoms with Gasteiger partial charge in [-0.05, 0) is 17.7 Å². The molecule has 1 aliphatic rings. The number of fused-ring (bicyclic) bond motifs is 1. The summed E-state index contributed by atoms with van der Waals surface area (Å²) in [5, 5.41) is 5.18. The molecule has 1 unspecified atom stereocenters. The first-order chi connectivity index (χ1) is 9.22. The van der Waals surface area contributed by atoms with Crippen LogP contribution in [0.1, 0.15) is 6.42 Å². The van der Waals surface area contributed by atoms with Crippen LogP contribution < -0.4 is 11.1 Å². The maximum atomic E-state index is 13.8. The molecule has 4 nitrogen and oxygen atoms in total. The Kier molecular flexibility index (Phi) is 3.33. The van der Waals surface area contributed by atoms with Gasteiger partial charge in [-0.2, -0.15) is 0 Å². The molecule has 19 heavy (non-hydrogen) atoms. The molecule has 100 valence electrons. The summed E-state index contributed by atoms with van der Waals surface area (Å²) in [6.07, 6.45) is 3.13. The standard InChI is InChI=1S/C13H13FN2O2S/c14-9-4-11-12(18-13(17)16-11)5-10(9)15-6-8-2-1-3-19-7-8/h1,3-5,8,15H,2,6-7H2,(H,16,17). The number of thioether (sulfide) groups is 1. The first-order valence-corrected chi connectivity index (χ1v) is 7.10. The zero-order valence-corrected chi connectivity index (χ0v) is 10.9. The zero-order chi connectivity index (χ0) is 13.2. The number of halogens is 1. The summed E-state index contributed by atoms with van der Waals surface area (Å²) in [5.74, 6) is 0.569. The quantitative estimate of drug-likeness (QED) is 0.907. The minimum absolute atomic E-state index is 0.367. The number of aromatic amines is 1. The Balaban J connectivity index is 1.78. The van der Waals surface area contributed by atoms with E-state index in [2.05, 4.69) is 21.8 Å². The van der Waals surface area contributed by atoms with Gasteiger partial charge < -0.3 is 9.73 Å². The Labute approximate surface area is 113 Å². The Bertz CT molecular complexity index is 677. The molecule has 1 atom stereocenters. The third kappa shape index (κ3) is 2.68. The monoisotopic (exact) mass is 280 g/mol. The lowest BCUT2D eigenvalue weighted by Gasteiger charge is -2.18. The molecule has 0 saturated carbocycles. The van der Waals surface area contributed by atoms with E-state index in [0.29, 0.717) is 29.2 Å². The highest BCUT2D eigenvalue weighted by Crippen LogP contribution is 2.24. The van der Waals surface area contributed by atoms with E-state index in [1.807, 2.05) is 0 Å². The third-order valence-corrected chi connectivity index (χ3v) is 4.13. The Morgan fingerprint density at radius 2 is 2.42 bits per heavy atom. The highest BCUT2D eigenvalue weighted by Gasteiger charge is 2.13. The molecular formula is C13H13FN2O2S. The van der Waals surface area contributed by atoms with Gasteiger partial charge in [-0.3, -0.25) is 4.98 Å². The molecule has 1 aromatic carbocycles. The van der Waals surface area contributed by atoms with Crippen molar-refractivity contribution in [1.29, 1.82) is 0 Å². The smallest absolute Gasteiger partial charge is 0.408 e. The third-order valence-electron chi connectivity index (χ3n) is 3.08. The lowest BCUT2D eigenvalue weighted by Crippen LogP contribution is -2.17. The lowest BCUT2D eigenvalue weighted by molar-refractivity contribution is 0.554. The number of benzene rings is 1. The van der Waals surface area contributed by atoms with Crippen LogP contribution in [0, 0.1) is 11.7 Å². The van der Waals surface area contributed by atoms with E-state index in [0.717, 1.165) is 12.2 Å². The van der Waals surface area contributed by atoms with Gasteiger partial charge in [0.05, 0.1) is 11.2 Å².